The van der Waals surface area contributed by atoms with E-state index in [0.717, 1.165) is 18.1 Å². The second kappa shape index (κ2) is 5.41. The first kappa shape index (κ1) is 12.8. The van der Waals surface area contributed by atoms with Crippen LogP contribution in [0, 0.1) is 0 Å². The van der Waals surface area contributed by atoms with E-state index in [4.69, 9.17) is 9.47 Å². The minimum Gasteiger partial charge on any atom is -0.496 e. The number of fused-ring (bicyclic) bond motifs is 3. The summed E-state index contributed by atoms with van der Waals surface area (Å²) < 4.78 is 11.4. The van der Waals surface area contributed by atoms with E-state index in [2.05, 4.69) is 18.3 Å². The van der Waals surface area contributed by atoms with Crippen LogP contribution in [-0.4, -0.2) is 25.8 Å². The Labute approximate surface area is 115 Å². The van der Waals surface area contributed by atoms with Crippen LogP contribution in [0.1, 0.15) is 44.1 Å². The van der Waals surface area contributed by atoms with Crippen molar-refractivity contribution < 1.29 is 9.47 Å². The van der Waals surface area contributed by atoms with E-state index >= 15 is 0 Å². The number of piperidine rings is 1. The van der Waals surface area contributed by atoms with Crippen molar-refractivity contribution in [3.8, 4) is 11.5 Å². The Kier molecular flexibility index (Phi) is 3.65. The van der Waals surface area contributed by atoms with Crippen molar-refractivity contribution in [1.82, 2.24) is 5.32 Å². The summed E-state index contributed by atoms with van der Waals surface area (Å²) in [5.41, 5.74) is 1.27. The molecule has 1 saturated heterocycles. The van der Waals surface area contributed by atoms with Crippen LogP contribution in [0.4, 0.5) is 0 Å². The van der Waals surface area contributed by atoms with E-state index < -0.39 is 0 Å². The number of nitrogens with one attached hydrogen (secondary N) is 1. The van der Waals surface area contributed by atoms with E-state index in [9.17, 15) is 0 Å². The van der Waals surface area contributed by atoms with Crippen molar-refractivity contribution in [1.29, 1.82) is 0 Å². The molecule has 3 atom stereocenters. The predicted octanol–water partition coefficient (Wildman–Crippen LogP) is 3.09. The van der Waals surface area contributed by atoms with Gasteiger partial charge in [0.05, 0.1) is 7.11 Å². The zero-order valence-electron chi connectivity index (χ0n) is 11.8. The van der Waals surface area contributed by atoms with Crippen molar-refractivity contribution in [2.24, 2.45) is 0 Å². The molecule has 0 saturated carbocycles. The molecule has 1 N–H and O–H groups in total. The lowest BCUT2D eigenvalue weighted by Gasteiger charge is -2.41. The molecule has 1 aromatic rings. The van der Waals surface area contributed by atoms with Gasteiger partial charge in [0.1, 0.15) is 18.1 Å². The van der Waals surface area contributed by atoms with Gasteiger partial charge in [-0.3, -0.25) is 0 Å². The highest BCUT2D eigenvalue weighted by atomic mass is 16.5. The molecule has 104 valence electrons. The van der Waals surface area contributed by atoms with Crippen molar-refractivity contribution in [2.75, 3.05) is 13.7 Å². The van der Waals surface area contributed by atoms with Gasteiger partial charge in [-0.05, 0) is 31.4 Å². The van der Waals surface area contributed by atoms with Gasteiger partial charge in [0, 0.05) is 23.6 Å². The lowest BCUT2D eigenvalue weighted by molar-refractivity contribution is 0.160. The van der Waals surface area contributed by atoms with Crippen LogP contribution in [0.3, 0.4) is 0 Å². The predicted molar refractivity (Wildman–Crippen MR) is 76.1 cm³/mol. The fourth-order valence-corrected chi connectivity index (χ4v) is 3.54. The molecule has 3 heteroatoms. The highest BCUT2D eigenvalue weighted by Crippen LogP contribution is 2.44. The summed E-state index contributed by atoms with van der Waals surface area (Å²) >= 11 is 0. The smallest absolute Gasteiger partial charge is 0.126 e. The first-order valence-electron chi connectivity index (χ1n) is 7.39. The van der Waals surface area contributed by atoms with Crippen molar-refractivity contribution in [3.63, 3.8) is 0 Å². The van der Waals surface area contributed by atoms with Gasteiger partial charge in [0.15, 0.2) is 0 Å². The van der Waals surface area contributed by atoms with Crippen molar-refractivity contribution in [2.45, 2.75) is 50.6 Å². The third-order valence-electron chi connectivity index (χ3n) is 4.43. The molecular weight excluding hydrogens is 238 g/mol. The van der Waals surface area contributed by atoms with Crippen molar-refractivity contribution in [3.05, 3.63) is 23.8 Å². The van der Waals surface area contributed by atoms with Crippen LogP contribution in [-0.2, 0) is 0 Å². The second-order valence-electron chi connectivity index (χ2n) is 5.63. The van der Waals surface area contributed by atoms with E-state index in [1.165, 1.54) is 31.2 Å². The largest absolute Gasteiger partial charge is 0.496 e. The summed E-state index contributed by atoms with van der Waals surface area (Å²) in [4.78, 5) is 0. The summed E-state index contributed by atoms with van der Waals surface area (Å²) in [6.07, 6.45) is 5.00. The molecule has 1 aromatic carbocycles. The van der Waals surface area contributed by atoms with Crippen LogP contribution in [0.15, 0.2) is 18.2 Å². The van der Waals surface area contributed by atoms with Crippen LogP contribution < -0.4 is 14.8 Å². The van der Waals surface area contributed by atoms with E-state index in [1.54, 1.807) is 7.11 Å². The lowest BCUT2D eigenvalue weighted by atomic mass is 9.79. The topological polar surface area (TPSA) is 30.5 Å². The maximum absolute atomic E-state index is 5.92. The Balaban J connectivity index is 1.86. The molecule has 0 amide bonds. The van der Waals surface area contributed by atoms with Crippen molar-refractivity contribution >= 4 is 0 Å². The zero-order chi connectivity index (χ0) is 13.2. The summed E-state index contributed by atoms with van der Waals surface area (Å²) in [6, 6.07) is 7.21. The van der Waals surface area contributed by atoms with E-state index in [0.29, 0.717) is 18.0 Å². The van der Waals surface area contributed by atoms with E-state index in [1.807, 2.05) is 12.1 Å². The average Bonchev–Trinajstić information content (AvgIpc) is 2.46. The summed E-state index contributed by atoms with van der Waals surface area (Å²) in [5.74, 6) is 2.52. The fourth-order valence-electron chi connectivity index (χ4n) is 3.54. The lowest BCUT2D eigenvalue weighted by Crippen LogP contribution is -2.51. The highest BCUT2D eigenvalue weighted by Gasteiger charge is 2.37. The van der Waals surface area contributed by atoms with Gasteiger partial charge >= 0.3 is 0 Å². The Morgan fingerprint density at radius 1 is 1.37 bits per heavy atom. The zero-order valence-corrected chi connectivity index (χ0v) is 11.8. The number of benzene rings is 1. The van der Waals surface area contributed by atoms with Crippen LogP contribution in [0.25, 0.3) is 0 Å². The van der Waals surface area contributed by atoms with Gasteiger partial charge in [-0.1, -0.05) is 19.4 Å². The van der Waals surface area contributed by atoms with Gasteiger partial charge < -0.3 is 14.8 Å². The molecule has 2 heterocycles. The molecule has 0 aliphatic carbocycles. The Morgan fingerprint density at radius 3 is 3.05 bits per heavy atom. The number of rotatable bonds is 3. The molecule has 0 spiro atoms. The fraction of sp³-hybridized carbons (Fsp3) is 0.625. The molecular formula is C16H23NO2. The minimum absolute atomic E-state index is 0.439. The molecule has 19 heavy (non-hydrogen) atoms. The quantitative estimate of drug-likeness (QED) is 0.907. The third-order valence-corrected chi connectivity index (χ3v) is 4.43. The normalized spacial score (nSPS) is 29.1. The molecule has 1 unspecified atom stereocenters. The molecule has 1 fully saturated rings. The minimum atomic E-state index is 0.439. The third kappa shape index (κ3) is 2.32. The van der Waals surface area contributed by atoms with Crippen LogP contribution in [0.2, 0.25) is 0 Å². The van der Waals surface area contributed by atoms with Crippen LogP contribution >= 0.6 is 0 Å². The molecule has 0 radical (unpaired) electrons. The number of hydrogen-bond acceptors (Lipinski definition) is 3. The van der Waals surface area contributed by atoms with Gasteiger partial charge in [0.2, 0.25) is 0 Å². The maximum Gasteiger partial charge on any atom is 0.126 e. The number of methoxy groups -OCH3 is 1. The Bertz CT molecular complexity index is 432. The number of hydrogen-bond donors (Lipinski definition) is 1. The molecule has 0 bridgehead atoms. The summed E-state index contributed by atoms with van der Waals surface area (Å²) in [5, 5.41) is 3.77. The standard InChI is InChI=1S/C16H23NO2/c1-3-5-11-8-9-12-13(17-11)10-19-15-7-4-6-14(18-2)16(12)15/h4,6-7,11-13,17H,3,5,8-10H2,1-2H3/t11?,12-,13+/m1/s1. The molecule has 3 nitrogen and oxygen atoms in total. The van der Waals surface area contributed by atoms with Gasteiger partial charge in [0.25, 0.3) is 0 Å². The number of ether oxygens (including phenoxy) is 2. The average molecular weight is 261 g/mol. The molecule has 3 rings (SSSR count). The van der Waals surface area contributed by atoms with Crippen LogP contribution in [0.5, 0.6) is 11.5 Å². The summed E-state index contributed by atoms with van der Waals surface area (Å²) in [7, 11) is 1.75. The molecule has 2 aliphatic heterocycles. The first-order valence-corrected chi connectivity index (χ1v) is 7.39. The maximum atomic E-state index is 5.92. The van der Waals surface area contributed by atoms with Gasteiger partial charge in [-0.15, -0.1) is 0 Å². The SMILES string of the molecule is CCCC1CC[C@H]2c3c(OC)cccc3OC[C@@H]2N1. The van der Waals surface area contributed by atoms with Gasteiger partial charge in [-0.2, -0.15) is 0 Å². The summed E-state index contributed by atoms with van der Waals surface area (Å²) in [6.45, 7) is 3.04. The Morgan fingerprint density at radius 2 is 2.26 bits per heavy atom. The monoisotopic (exact) mass is 261 g/mol. The Hall–Kier alpha value is -1.22. The van der Waals surface area contributed by atoms with Gasteiger partial charge in [-0.25, -0.2) is 0 Å². The first-order chi connectivity index (χ1) is 9.33. The molecule has 2 aliphatic rings. The highest BCUT2D eigenvalue weighted by molar-refractivity contribution is 5.49. The molecule has 0 aromatic heterocycles. The van der Waals surface area contributed by atoms with E-state index in [-0.39, 0.29) is 0 Å². The second-order valence-corrected chi connectivity index (χ2v) is 5.63.